The van der Waals surface area contributed by atoms with E-state index in [1.807, 2.05) is 37.3 Å². The normalized spacial score (nSPS) is 11.8. The molecule has 0 aliphatic heterocycles. The average molecular weight is 447 g/mol. The van der Waals surface area contributed by atoms with Crippen LogP contribution in [0.4, 0.5) is 4.39 Å². The Morgan fingerprint density at radius 3 is 2.66 bits per heavy atom. The standard InChI is InChI=1S/C26H20ClFN2O2/c1-3-17(18-13-12-16(28)14-22(18)27)26(19-9-7-10-23-21(19)15-29-30-23)20-8-5-6-11-24(20)32-25(31)4-2/h4-15H,2-3H2,1H3,(H,29,30)/b26-17+. The van der Waals surface area contributed by atoms with E-state index in [0.717, 1.165) is 33.7 Å². The van der Waals surface area contributed by atoms with E-state index in [1.54, 1.807) is 24.4 Å². The lowest BCUT2D eigenvalue weighted by Gasteiger charge is -2.20. The summed E-state index contributed by atoms with van der Waals surface area (Å²) in [7, 11) is 0. The van der Waals surface area contributed by atoms with Crippen molar-refractivity contribution < 1.29 is 13.9 Å². The number of nitrogens with zero attached hydrogens (tertiary/aromatic N) is 1. The van der Waals surface area contributed by atoms with Crippen LogP contribution in [0.15, 0.2) is 79.5 Å². The molecule has 0 aliphatic rings. The second-order valence-corrected chi connectivity index (χ2v) is 7.50. The topological polar surface area (TPSA) is 55.0 Å². The molecule has 0 aliphatic carbocycles. The fourth-order valence-electron chi connectivity index (χ4n) is 3.80. The molecule has 0 unspecified atom stereocenters. The fourth-order valence-corrected chi connectivity index (χ4v) is 4.09. The van der Waals surface area contributed by atoms with Crippen LogP contribution >= 0.6 is 11.6 Å². The summed E-state index contributed by atoms with van der Waals surface area (Å²) in [5.74, 6) is -0.582. The third-order valence-corrected chi connectivity index (χ3v) is 5.51. The molecule has 3 aromatic carbocycles. The number of fused-ring (bicyclic) bond motifs is 1. The third kappa shape index (κ3) is 4.07. The SMILES string of the molecule is C=CC(=O)Oc1ccccc1/C(=C(\CC)c1ccc(F)cc1Cl)c1cccc2[nH]ncc12. The Hall–Kier alpha value is -3.70. The number of nitrogens with one attached hydrogen (secondary N) is 1. The summed E-state index contributed by atoms with van der Waals surface area (Å²) in [5, 5.41) is 8.38. The number of aromatic nitrogens is 2. The zero-order valence-corrected chi connectivity index (χ0v) is 18.1. The molecule has 4 rings (SSSR count). The number of allylic oxidation sites excluding steroid dienone is 1. The minimum absolute atomic E-state index is 0.305. The Morgan fingerprint density at radius 1 is 1.12 bits per heavy atom. The largest absolute Gasteiger partial charge is 0.423 e. The van der Waals surface area contributed by atoms with Crippen LogP contribution in [0.25, 0.3) is 22.0 Å². The van der Waals surface area contributed by atoms with Gasteiger partial charge in [0.2, 0.25) is 0 Å². The van der Waals surface area contributed by atoms with E-state index >= 15 is 0 Å². The number of ether oxygens (including phenoxy) is 1. The molecule has 32 heavy (non-hydrogen) atoms. The third-order valence-electron chi connectivity index (χ3n) is 5.20. The lowest BCUT2D eigenvalue weighted by atomic mass is 9.86. The van der Waals surface area contributed by atoms with Crippen LogP contribution in [0.2, 0.25) is 5.02 Å². The summed E-state index contributed by atoms with van der Waals surface area (Å²) in [5.41, 5.74) is 4.85. The van der Waals surface area contributed by atoms with Crippen LogP contribution in [-0.2, 0) is 4.79 Å². The zero-order chi connectivity index (χ0) is 22.7. The number of halogens is 2. The van der Waals surface area contributed by atoms with Crippen molar-refractivity contribution in [3.8, 4) is 5.75 Å². The number of hydrogen-bond donors (Lipinski definition) is 1. The molecule has 0 saturated heterocycles. The van der Waals surface area contributed by atoms with Crippen molar-refractivity contribution in [2.45, 2.75) is 13.3 Å². The molecule has 0 fully saturated rings. The molecular weight excluding hydrogens is 427 g/mol. The van der Waals surface area contributed by atoms with Crippen LogP contribution in [0.3, 0.4) is 0 Å². The monoisotopic (exact) mass is 446 g/mol. The van der Waals surface area contributed by atoms with Crippen molar-refractivity contribution in [1.82, 2.24) is 10.2 Å². The number of para-hydroxylation sites is 1. The number of carbonyl (C=O) groups excluding carboxylic acids is 1. The summed E-state index contributed by atoms with van der Waals surface area (Å²) in [6.45, 7) is 5.49. The van der Waals surface area contributed by atoms with Gasteiger partial charge in [-0.1, -0.05) is 61.5 Å². The van der Waals surface area contributed by atoms with Crippen molar-refractivity contribution in [2.75, 3.05) is 0 Å². The lowest BCUT2D eigenvalue weighted by molar-refractivity contribution is -0.128. The highest BCUT2D eigenvalue weighted by atomic mass is 35.5. The zero-order valence-electron chi connectivity index (χ0n) is 17.4. The van der Waals surface area contributed by atoms with Crippen LogP contribution in [-0.4, -0.2) is 16.2 Å². The first kappa shape index (κ1) is 21.5. The van der Waals surface area contributed by atoms with Gasteiger partial charge >= 0.3 is 5.97 Å². The summed E-state index contributed by atoms with van der Waals surface area (Å²) >= 11 is 6.47. The quantitative estimate of drug-likeness (QED) is 0.153. The number of hydrogen-bond acceptors (Lipinski definition) is 3. The number of esters is 1. The highest BCUT2D eigenvalue weighted by molar-refractivity contribution is 6.33. The van der Waals surface area contributed by atoms with Crippen LogP contribution in [0.5, 0.6) is 5.75 Å². The highest BCUT2D eigenvalue weighted by Crippen LogP contribution is 2.42. The molecule has 1 N–H and O–H groups in total. The van der Waals surface area contributed by atoms with E-state index in [2.05, 4.69) is 16.8 Å². The molecule has 160 valence electrons. The van der Waals surface area contributed by atoms with Gasteiger partial charge in [0.1, 0.15) is 11.6 Å². The van der Waals surface area contributed by atoms with E-state index in [9.17, 15) is 9.18 Å². The molecule has 6 heteroatoms. The maximum absolute atomic E-state index is 13.8. The predicted molar refractivity (Wildman–Crippen MR) is 126 cm³/mol. The van der Waals surface area contributed by atoms with Crippen molar-refractivity contribution in [2.24, 2.45) is 0 Å². The van der Waals surface area contributed by atoms with E-state index in [-0.39, 0.29) is 0 Å². The van der Waals surface area contributed by atoms with Crippen molar-refractivity contribution >= 4 is 39.6 Å². The predicted octanol–water partition coefficient (Wildman–Crippen LogP) is 6.82. The molecule has 0 bridgehead atoms. The van der Waals surface area contributed by atoms with Gasteiger partial charge in [0.05, 0.1) is 16.7 Å². The molecule has 0 amide bonds. The van der Waals surface area contributed by atoms with E-state index in [1.165, 1.54) is 12.1 Å². The second kappa shape index (κ2) is 9.20. The maximum atomic E-state index is 13.8. The Kier molecular flexibility index (Phi) is 6.19. The number of aromatic amines is 1. The second-order valence-electron chi connectivity index (χ2n) is 7.09. The smallest absolute Gasteiger partial charge is 0.335 e. The molecule has 0 radical (unpaired) electrons. The van der Waals surface area contributed by atoms with Crippen molar-refractivity contribution in [3.05, 3.63) is 107 Å². The molecule has 1 heterocycles. The lowest BCUT2D eigenvalue weighted by Crippen LogP contribution is -2.06. The van der Waals surface area contributed by atoms with Gasteiger partial charge in [-0.15, -0.1) is 0 Å². The summed E-state index contributed by atoms with van der Waals surface area (Å²) in [4.78, 5) is 12.0. The first-order valence-corrected chi connectivity index (χ1v) is 10.5. The van der Waals surface area contributed by atoms with E-state index in [4.69, 9.17) is 16.3 Å². The first-order chi connectivity index (χ1) is 15.5. The van der Waals surface area contributed by atoms with Crippen LogP contribution in [0.1, 0.15) is 30.0 Å². The molecule has 1 aromatic heterocycles. The van der Waals surface area contributed by atoms with Crippen LogP contribution in [0, 0.1) is 5.82 Å². The Bertz CT molecular complexity index is 1360. The van der Waals surface area contributed by atoms with E-state index < -0.39 is 11.8 Å². The highest BCUT2D eigenvalue weighted by Gasteiger charge is 2.21. The number of H-pyrrole nitrogens is 1. The van der Waals surface area contributed by atoms with Crippen molar-refractivity contribution in [1.29, 1.82) is 0 Å². The number of benzene rings is 3. The van der Waals surface area contributed by atoms with Gasteiger partial charge in [-0.3, -0.25) is 5.10 Å². The van der Waals surface area contributed by atoms with E-state index in [0.29, 0.717) is 28.3 Å². The average Bonchev–Trinajstić information content (AvgIpc) is 3.28. The fraction of sp³-hybridized carbons (Fsp3) is 0.0769. The molecule has 0 saturated carbocycles. The van der Waals surface area contributed by atoms with Gasteiger partial charge in [0, 0.05) is 17.0 Å². The van der Waals surface area contributed by atoms with Gasteiger partial charge in [-0.2, -0.15) is 5.10 Å². The van der Waals surface area contributed by atoms with Crippen molar-refractivity contribution in [3.63, 3.8) is 0 Å². The van der Waals surface area contributed by atoms with Gasteiger partial charge in [-0.05, 0) is 53.0 Å². The number of carbonyl (C=O) groups is 1. The molecule has 0 spiro atoms. The summed E-state index contributed by atoms with van der Waals surface area (Å²) in [6.07, 6.45) is 3.47. The van der Waals surface area contributed by atoms with Gasteiger partial charge in [-0.25, -0.2) is 9.18 Å². The van der Waals surface area contributed by atoms with Crippen LogP contribution < -0.4 is 4.74 Å². The first-order valence-electron chi connectivity index (χ1n) is 10.1. The molecule has 0 atom stereocenters. The molecular formula is C26H20ClFN2O2. The summed E-state index contributed by atoms with van der Waals surface area (Å²) < 4.78 is 19.4. The Morgan fingerprint density at radius 2 is 1.91 bits per heavy atom. The van der Waals surface area contributed by atoms with Gasteiger partial charge < -0.3 is 4.74 Å². The maximum Gasteiger partial charge on any atom is 0.335 e. The van der Waals surface area contributed by atoms with Gasteiger partial charge in [0.15, 0.2) is 0 Å². The molecule has 4 aromatic rings. The number of rotatable bonds is 6. The Balaban J connectivity index is 2.09. The minimum atomic E-state index is -0.559. The molecule has 4 nitrogen and oxygen atoms in total. The Labute approximate surface area is 190 Å². The minimum Gasteiger partial charge on any atom is -0.423 e. The van der Waals surface area contributed by atoms with Gasteiger partial charge in [0.25, 0.3) is 0 Å². The summed E-state index contributed by atoms with van der Waals surface area (Å²) in [6, 6.07) is 17.5.